The molecule has 0 saturated carbocycles. The first-order valence-electron chi connectivity index (χ1n) is 7.10. The Kier molecular flexibility index (Phi) is 5.19. The Bertz CT molecular complexity index is 540. The average molecular weight is 291 g/mol. The van der Waals surface area contributed by atoms with Crippen LogP contribution in [0.15, 0.2) is 42.5 Å². The van der Waals surface area contributed by atoms with Crippen LogP contribution in [0.5, 0.6) is 0 Å². The van der Waals surface area contributed by atoms with E-state index in [4.69, 9.17) is 11.6 Å². The average Bonchev–Trinajstić information content (AvgIpc) is 2.44. The highest BCUT2D eigenvalue weighted by molar-refractivity contribution is 6.22. The third-order valence-corrected chi connectivity index (χ3v) is 3.95. The molecular weight excluding hydrogens is 271 g/mol. The fraction of sp³-hybridized carbons (Fsp3) is 0.333. The molecule has 0 aliphatic carbocycles. The minimum absolute atomic E-state index is 0.231. The molecule has 0 aliphatic rings. The van der Waals surface area contributed by atoms with Gasteiger partial charge < -0.3 is 0 Å². The zero-order chi connectivity index (χ0) is 14.5. The van der Waals surface area contributed by atoms with Gasteiger partial charge in [-0.2, -0.15) is 0 Å². The second kappa shape index (κ2) is 6.90. The van der Waals surface area contributed by atoms with Crippen molar-refractivity contribution in [2.24, 2.45) is 0 Å². The van der Waals surface area contributed by atoms with Gasteiger partial charge in [-0.15, -0.1) is 11.6 Å². The summed E-state index contributed by atoms with van der Waals surface area (Å²) in [5.74, 6) is -0.231. The number of unbranched alkanes of at least 4 members (excludes halogenated alkanes) is 1. The molecule has 2 aromatic carbocycles. The highest BCUT2D eigenvalue weighted by Crippen LogP contribution is 2.30. The zero-order valence-corrected chi connectivity index (χ0v) is 12.8. The van der Waals surface area contributed by atoms with E-state index in [1.54, 1.807) is 0 Å². The van der Waals surface area contributed by atoms with Gasteiger partial charge in [-0.05, 0) is 54.2 Å². The molecule has 0 aliphatic heterocycles. The topological polar surface area (TPSA) is 0 Å². The molecule has 2 heteroatoms. The largest absolute Gasteiger partial charge is 0.207 e. The third kappa shape index (κ3) is 3.83. The molecular formula is C18H20ClF. The normalized spacial score (nSPS) is 12.4. The maximum absolute atomic E-state index is 13.4. The molecule has 0 amide bonds. The van der Waals surface area contributed by atoms with Crippen molar-refractivity contribution in [1.29, 1.82) is 0 Å². The van der Waals surface area contributed by atoms with Crippen molar-refractivity contribution < 1.29 is 4.39 Å². The SMILES string of the molecule is CCCCc1ccc(C(Cl)c2cc(C)cc(F)c2)cc1. The lowest BCUT2D eigenvalue weighted by Gasteiger charge is -2.12. The summed E-state index contributed by atoms with van der Waals surface area (Å²) in [5, 5.41) is -0.301. The van der Waals surface area contributed by atoms with E-state index in [-0.39, 0.29) is 11.2 Å². The first-order chi connectivity index (χ1) is 9.60. The molecule has 0 bridgehead atoms. The number of hydrogen-bond donors (Lipinski definition) is 0. The van der Waals surface area contributed by atoms with Gasteiger partial charge in [0, 0.05) is 0 Å². The van der Waals surface area contributed by atoms with Crippen LogP contribution in [-0.4, -0.2) is 0 Å². The van der Waals surface area contributed by atoms with Crippen LogP contribution in [0.3, 0.4) is 0 Å². The molecule has 20 heavy (non-hydrogen) atoms. The van der Waals surface area contributed by atoms with E-state index in [9.17, 15) is 4.39 Å². The summed E-state index contributed by atoms with van der Waals surface area (Å²) >= 11 is 6.47. The molecule has 0 fully saturated rings. The Morgan fingerprint density at radius 3 is 2.35 bits per heavy atom. The van der Waals surface area contributed by atoms with E-state index in [1.807, 2.05) is 25.1 Å². The minimum Gasteiger partial charge on any atom is -0.207 e. The molecule has 2 rings (SSSR count). The molecule has 0 aromatic heterocycles. The fourth-order valence-electron chi connectivity index (χ4n) is 2.34. The molecule has 0 spiro atoms. The van der Waals surface area contributed by atoms with Crippen molar-refractivity contribution in [2.75, 3.05) is 0 Å². The summed E-state index contributed by atoms with van der Waals surface area (Å²) in [6.07, 6.45) is 3.50. The van der Waals surface area contributed by atoms with Crippen LogP contribution in [0.4, 0.5) is 4.39 Å². The van der Waals surface area contributed by atoms with E-state index in [1.165, 1.54) is 30.5 Å². The van der Waals surface area contributed by atoms with Crippen LogP contribution in [0.25, 0.3) is 0 Å². The quantitative estimate of drug-likeness (QED) is 0.610. The molecule has 0 saturated heterocycles. The molecule has 106 valence electrons. The van der Waals surface area contributed by atoms with Gasteiger partial charge >= 0.3 is 0 Å². The van der Waals surface area contributed by atoms with Crippen molar-refractivity contribution in [2.45, 2.75) is 38.5 Å². The lowest BCUT2D eigenvalue weighted by Crippen LogP contribution is -1.96. The van der Waals surface area contributed by atoms with Crippen molar-refractivity contribution in [3.8, 4) is 0 Å². The summed E-state index contributed by atoms with van der Waals surface area (Å²) in [7, 11) is 0. The van der Waals surface area contributed by atoms with Gasteiger partial charge in [-0.1, -0.05) is 43.7 Å². The molecule has 2 aromatic rings. The molecule has 1 unspecified atom stereocenters. The lowest BCUT2D eigenvalue weighted by molar-refractivity contribution is 0.624. The van der Waals surface area contributed by atoms with Crippen LogP contribution in [0, 0.1) is 12.7 Å². The molecule has 1 atom stereocenters. The molecule has 0 N–H and O–H groups in total. The van der Waals surface area contributed by atoms with E-state index >= 15 is 0 Å². The zero-order valence-electron chi connectivity index (χ0n) is 12.0. The predicted molar refractivity (Wildman–Crippen MR) is 83.9 cm³/mol. The Morgan fingerprint density at radius 2 is 1.75 bits per heavy atom. The summed E-state index contributed by atoms with van der Waals surface area (Å²) in [6, 6.07) is 13.3. The van der Waals surface area contributed by atoms with E-state index < -0.39 is 0 Å². The second-order valence-corrected chi connectivity index (χ2v) is 5.71. The molecule has 0 radical (unpaired) electrons. The van der Waals surface area contributed by atoms with Crippen LogP contribution >= 0.6 is 11.6 Å². The lowest BCUT2D eigenvalue weighted by atomic mass is 10.00. The van der Waals surface area contributed by atoms with E-state index in [0.717, 1.165) is 23.1 Å². The first kappa shape index (κ1) is 15.1. The van der Waals surface area contributed by atoms with Crippen LogP contribution in [-0.2, 0) is 6.42 Å². The van der Waals surface area contributed by atoms with Crippen LogP contribution in [0.1, 0.15) is 47.4 Å². The van der Waals surface area contributed by atoms with Crippen molar-refractivity contribution >= 4 is 11.6 Å². The van der Waals surface area contributed by atoms with Crippen molar-refractivity contribution in [3.05, 3.63) is 70.5 Å². The predicted octanol–water partition coefficient (Wildman–Crippen LogP) is 5.80. The highest BCUT2D eigenvalue weighted by atomic mass is 35.5. The molecule has 0 nitrogen and oxygen atoms in total. The van der Waals surface area contributed by atoms with E-state index in [0.29, 0.717) is 0 Å². The minimum atomic E-state index is -0.301. The summed E-state index contributed by atoms with van der Waals surface area (Å²) in [5.41, 5.74) is 4.04. The summed E-state index contributed by atoms with van der Waals surface area (Å²) in [6.45, 7) is 4.07. The first-order valence-corrected chi connectivity index (χ1v) is 7.54. The van der Waals surface area contributed by atoms with E-state index in [2.05, 4.69) is 19.1 Å². The van der Waals surface area contributed by atoms with Gasteiger partial charge in [0.1, 0.15) is 5.82 Å². The van der Waals surface area contributed by atoms with Crippen LogP contribution < -0.4 is 0 Å². The number of aryl methyl sites for hydroxylation is 2. The number of rotatable bonds is 5. The Morgan fingerprint density at radius 1 is 1.05 bits per heavy atom. The van der Waals surface area contributed by atoms with Crippen LogP contribution in [0.2, 0.25) is 0 Å². The third-order valence-electron chi connectivity index (χ3n) is 3.45. The van der Waals surface area contributed by atoms with Gasteiger partial charge in [-0.3, -0.25) is 0 Å². The van der Waals surface area contributed by atoms with Gasteiger partial charge in [0.05, 0.1) is 5.38 Å². The van der Waals surface area contributed by atoms with Gasteiger partial charge in [0.2, 0.25) is 0 Å². The molecule has 0 heterocycles. The number of hydrogen-bond acceptors (Lipinski definition) is 0. The monoisotopic (exact) mass is 290 g/mol. The second-order valence-electron chi connectivity index (χ2n) is 5.27. The van der Waals surface area contributed by atoms with Crippen molar-refractivity contribution in [3.63, 3.8) is 0 Å². The summed E-state index contributed by atoms with van der Waals surface area (Å²) in [4.78, 5) is 0. The fourth-order valence-corrected chi connectivity index (χ4v) is 2.61. The maximum atomic E-state index is 13.4. The summed E-state index contributed by atoms with van der Waals surface area (Å²) < 4.78 is 13.4. The van der Waals surface area contributed by atoms with Gasteiger partial charge in [0.15, 0.2) is 0 Å². The van der Waals surface area contributed by atoms with Crippen molar-refractivity contribution in [1.82, 2.24) is 0 Å². The smallest absolute Gasteiger partial charge is 0.123 e. The Balaban J connectivity index is 2.17. The van der Waals surface area contributed by atoms with Gasteiger partial charge in [-0.25, -0.2) is 4.39 Å². The highest BCUT2D eigenvalue weighted by Gasteiger charge is 2.12. The Labute approximate surface area is 125 Å². The Hall–Kier alpha value is -1.34. The maximum Gasteiger partial charge on any atom is 0.123 e. The number of halogens is 2. The number of alkyl halides is 1. The number of benzene rings is 2. The standard InChI is InChI=1S/C18H20ClF/c1-3-4-5-14-6-8-15(9-7-14)18(19)16-10-13(2)11-17(20)12-16/h6-12,18H,3-5H2,1-2H3. The van der Waals surface area contributed by atoms with Gasteiger partial charge in [0.25, 0.3) is 0 Å².